The molecule has 3 aliphatic rings. The largest absolute Gasteiger partial charge is 0.387 e. The highest BCUT2D eigenvalue weighted by Gasteiger charge is 2.55. The molecule has 1 saturated heterocycles. The van der Waals surface area contributed by atoms with Gasteiger partial charge in [0.2, 0.25) is 23.5 Å². The Labute approximate surface area is 304 Å². The summed E-state index contributed by atoms with van der Waals surface area (Å²) in [5.74, 6) is -2.71. The molecule has 2 aliphatic heterocycles. The number of hydrogen-bond donors (Lipinski definition) is 3. The lowest BCUT2D eigenvalue weighted by molar-refractivity contribution is -0.145. The Bertz CT molecular complexity index is 1640. The molecule has 2 aromatic rings. The van der Waals surface area contributed by atoms with Crippen molar-refractivity contribution >= 4 is 46.7 Å². The molecular formula is C38H49ClN6O6. The van der Waals surface area contributed by atoms with Crippen LogP contribution in [0.3, 0.4) is 0 Å². The SMILES string of the molecule is CCC[C@H](NC(=O)[C@@H]1C[C@]2(CC(c3cccc(Cl)c3)=NO2)CN1C(=O)[C@@H](NC(=O)CCCCc1ccccn1)C(C)(C)C)C(=O)C(=O)NC1CC1. The van der Waals surface area contributed by atoms with Crippen LogP contribution in [0.25, 0.3) is 0 Å². The number of pyridine rings is 1. The number of oxime groups is 1. The highest BCUT2D eigenvalue weighted by Crippen LogP contribution is 2.40. The van der Waals surface area contributed by atoms with E-state index in [4.69, 9.17) is 16.4 Å². The number of halogens is 1. The number of aromatic nitrogens is 1. The molecule has 3 N–H and O–H groups in total. The van der Waals surface area contributed by atoms with Crippen LogP contribution in [0.2, 0.25) is 5.02 Å². The lowest BCUT2D eigenvalue weighted by Crippen LogP contribution is -2.59. The molecule has 13 heteroatoms. The Morgan fingerprint density at radius 3 is 2.51 bits per heavy atom. The van der Waals surface area contributed by atoms with E-state index in [-0.39, 0.29) is 37.8 Å². The standard InChI is InChI=1S/C38H49ClN6O6/c1-5-11-28(32(47)35(49)41-27-17-18-27)42-34(48)30-22-38(21-29(44-51-38)24-12-10-13-25(39)20-24)23-45(30)36(50)33(37(2,3)4)43-31(46)16-7-6-14-26-15-8-9-19-40-26/h8-10,12-13,15,19-20,27-28,30,33H,5-7,11,14,16-18,21-23H2,1-4H3,(H,41,49)(H,42,48)(H,43,46)/t28-,30-,33+,38+/m0/s1. The van der Waals surface area contributed by atoms with Crippen LogP contribution < -0.4 is 16.0 Å². The highest BCUT2D eigenvalue weighted by atomic mass is 35.5. The Morgan fingerprint density at radius 2 is 1.84 bits per heavy atom. The molecule has 2 fully saturated rings. The maximum Gasteiger partial charge on any atom is 0.289 e. The van der Waals surface area contributed by atoms with Crippen LogP contribution in [0.1, 0.15) is 96.7 Å². The number of benzene rings is 1. The fourth-order valence-corrected chi connectivity index (χ4v) is 6.80. The van der Waals surface area contributed by atoms with E-state index in [2.05, 4.69) is 26.1 Å². The maximum absolute atomic E-state index is 14.6. The maximum atomic E-state index is 14.6. The molecule has 1 aromatic carbocycles. The number of carbonyl (C=O) groups is 5. The van der Waals surface area contributed by atoms with Gasteiger partial charge in [0.25, 0.3) is 5.91 Å². The van der Waals surface area contributed by atoms with Gasteiger partial charge in [0, 0.05) is 47.8 Å². The molecule has 0 bridgehead atoms. The Balaban J connectivity index is 1.33. The van der Waals surface area contributed by atoms with Crippen molar-refractivity contribution < 1.29 is 28.8 Å². The zero-order valence-electron chi connectivity index (χ0n) is 29.9. The number of carbonyl (C=O) groups excluding carboxylic acids is 5. The van der Waals surface area contributed by atoms with Gasteiger partial charge in [-0.1, -0.05) is 69.1 Å². The molecule has 1 aliphatic carbocycles. The first-order valence-corrected chi connectivity index (χ1v) is 18.3. The summed E-state index contributed by atoms with van der Waals surface area (Å²) in [6.45, 7) is 7.47. The second-order valence-electron chi connectivity index (χ2n) is 15.0. The van der Waals surface area contributed by atoms with Crippen LogP contribution >= 0.6 is 11.6 Å². The lowest BCUT2D eigenvalue weighted by atomic mass is 9.85. The molecule has 1 spiro atoms. The number of likely N-dealkylation sites (tertiary alicyclic amines) is 1. The number of nitrogens with one attached hydrogen (secondary N) is 3. The zero-order chi connectivity index (χ0) is 36.8. The van der Waals surface area contributed by atoms with Crippen molar-refractivity contribution in [2.24, 2.45) is 10.6 Å². The summed E-state index contributed by atoms with van der Waals surface area (Å²) in [5, 5.41) is 13.4. The molecular weight excluding hydrogens is 672 g/mol. The molecule has 0 radical (unpaired) electrons. The van der Waals surface area contributed by atoms with Gasteiger partial charge < -0.3 is 25.7 Å². The molecule has 1 aromatic heterocycles. The van der Waals surface area contributed by atoms with Gasteiger partial charge in [0.1, 0.15) is 12.1 Å². The van der Waals surface area contributed by atoms with Gasteiger partial charge >= 0.3 is 0 Å². The number of Topliss-reactive ketones (excluding diaryl/α,β-unsaturated/α-hetero) is 1. The van der Waals surface area contributed by atoms with Crippen LogP contribution in [0.4, 0.5) is 0 Å². The minimum atomic E-state index is -1.05. The molecule has 12 nitrogen and oxygen atoms in total. The number of hydrogen-bond acceptors (Lipinski definition) is 8. The predicted octanol–water partition coefficient (Wildman–Crippen LogP) is 4.28. The van der Waals surface area contributed by atoms with E-state index in [0.29, 0.717) is 30.0 Å². The van der Waals surface area contributed by atoms with Gasteiger partial charge in [0.05, 0.1) is 18.3 Å². The first-order chi connectivity index (χ1) is 24.3. The highest BCUT2D eigenvalue weighted by molar-refractivity contribution is 6.38. The van der Waals surface area contributed by atoms with Gasteiger partial charge in [-0.3, -0.25) is 29.0 Å². The lowest BCUT2D eigenvalue weighted by Gasteiger charge is -2.35. The minimum absolute atomic E-state index is 0.0131. The van der Waals surface area contributed by atoms with Crippen LogP contribution in [0.15, 0.2) is 53.8 Å². The first kappa shape index (κ1) is 37.9. The fourth-order valence-electron chi connectivity index (χ4n) is 6.61. The van der Waals surface area contributed by atoms with Gasteiger partial charge in [-0.05, 0) is 68.2 Å². The zero-order valence-corrected chi connectivity index (χ0v) is 30.6. The number of nitrogens with zero attached hydrogens (tertiary/aromatic N) is 3. The monoisotopic (exact) mass is 720 g/mol. The van der Waals surface area contributed by atoms with Gasteiger partial charge in [-0.2, -0.15) is 0 Å². The third kappa shape index (κ3) is 9.93. The van der Waals surface area contributed by atoms with E-state index in [0.717, 1.165) is 36.9 Å². The van der Waals surface area contributed by atoms with Crippen molar-refractivity contribution in [3.63, 3.8) is 0 Å². The molecule has 4 amide bonds. The second kappa shape index (κ2) is 16.4. The van der Waals surface area contributed by atoms with Crippen molar-refractivity contribution in [3.8, 4) is 0 Å². The Morgan fingerprint density at radius 1 is 1.06 bits per heavy atom. The van der Waals surface area contributed by atoms with E-state index in [1.807, 2.05) is 58.0 Å². The summed E-state index contributed by atoms with van der Waals surface area (Å²) in [7, 11) is 0. The molecule has 4 atom stereocenters. The summed E-state index contributed by atoms with van der Waals surface area (Å²) >= 11 is 6.25. The average molecular weight is 721 g/mol. The average Bonchev–Trinajstić information content (AvgIpc) is 3.69. The molecule has 274 valence electrons. The minimum Gasteiger partial charge on any atom is -0.387 e. The van der Waals surface area contributed by atoms with Crippen LogP contribution in [-0.2, 0) is 35.2 Å². The summed E-state index contributed by atoms with van der Waals surface area (Å²) in [5.41, 5.74) is 0.617. The number of unbranched alkanes of at least 4 members (excludes halogenated alkanes) is 1. The molecule has 1 saturated carbocycles. The van der Waals surface area contributed by atoms with E-state index in [1.54, 1.807) is 18.3 Å². The molecule has 5 rings (SSSR count). The Hall–Kier alpha value is -4.32. The number of rotatable bonds is 15. The summed E-state index contributed by atoms with van der Waals surface area (Å²) in [4.78, 5) is 79.6. The third-order valence-corrected chi connectivity index (χ3v) is 9.80. The van der Waals surface area contributed by atoms with E-state index in [9.17, 15) is 24.0 Å². The molecule has 3 heterocycles. The fraction of sp³-hybridized carbons (Fsp3) is 0.553. The normalized spacial score (nSPS) is 21.0. The summed E-state index contributed by atoms with van der Waals surface area (Å²) in [6.07, 6.45) is 6.94. The van der Waals surface area contributed by atoms with Crippen LogP contribution in [-0.4, -0.2) is 81.3 Å². The topological polar surface area (TPSA) is 159 Å². The van der Waals surface area contributed by atoms with E-state index < -0.39 is 52.6 Å². The van der Waals surface area contributed by atoms with Gasteiger partial charge in [-0.25, -0.2) is 0 Å². The van der Waals surface area contributed by atoms with E-state index in [1.165, 1.54) is 4.90 Å². The quantitative estimate of drug-likeness (QED) is 0.183. The third-order valence-electron chi connectivity index (χ3n) is 9.56. The predicted molar refractivity (Wildman–Crippen MR) is 193 cm³/mol. The first-order valence-electron chi connectivity index (χ1n) is 17.9. The molecule has 51 heavy (non-hydrogen) atoms. The van der Waals surface area contributed by atoms with Gasteiger partial charge in [0.15, 0.2) is 5.60 Å². The number of amides is 4. The van der Waals surface area contributed by atoms with Crippen molar-refractivity contribution in [3.05, 3.63) is 64.9 Å². The Kier molecular flexibility index (Phi) is 12.2. The van der Waals surface area contributed by atoms with Crippen molar-refractivity contribution in [1.82, 2.24) is 25.8 Å². The smallest absolute Gasteiger partial charge is 0.289 e. The summed E-state index contributed by atoms with van der Waals surface area (Å²) in [6, 6.07) is 9.87. The van der Waals surface area contributed by atoms with Gasteiger partial charge in [-0.15, -0.1) is 0 Å². The number of aryl methyl sites for hydroxylation is 1. The van der Waals surface area contributed by atoms with E-state index >= 15 is 0 Å². The second-order valence-corrected chi connectivity index (χ2v) is 15.5. The van der Waals surface area contributed by atoms with Crippen LogP contribution in [0, 0.1) is 5.41 Å². The van der Waals surface area contributed by atoms with Crippen molar-refractivity contribution in [2.45, 2.75) is 122 Å². The summed E-state index contributed by atoms with van der Waals surface area (Å²) < 4.78 is 0. The van der Waals surface area contributed by atoms with Crippen molar-refractivity contribution in [1.29, 1.82) is 0 Å². The number of ketones is 1. The van der Waals surface area contributed by atoms with Crippen LogP contribution in [0.5, 0.6) is 0 Å². The molecule has 0 unspecified atom stereocenters. The van der Waals surface area contributed by atoms with Crippen molar-refractivity contribution in [2.75, 3.05) is 6.54 Å².